The van der Waals surface area contributed by atoms with Crippen LogP contribution in [0.4, 0.5) is 22.0 Å². The number of aryl methyl sites for hydroxylation is 1. The molecule has 0 spiro atoms. The number of carbonyl (C=O) groups excluding carboxylic acids is 2. The maximum absolute atomic E-state index is 13.6. The quantitative estimate of drug-likeness (QED) is 0.271. The molecule has 14 heteroatoms. The van der Waals surface area contributed by atoms with Gasteiger partial charge in [-0.05, 0) is 62.3 Å². The van der Waals surface area contributed by atoms with Crippen molar-refractivity contribution < 1.29 is 40.4 Å². The number of halogens is 5. The van der Waals surface area contributed by atoms with Gasteiger partial charge in [-0.3, -0.25) is 14.3 Å². The minimum Gasteiger partial charge on any atom is -0.365 e. The molecule has 2 saturated carbocycles. The van der Waals surface area contributed by atoms with E-state index in [4.69, 9.17) is 14.6 Å². The van der Waals surface area contributed by atoms with Crippen LogP contribution in [0.25, 0.3) is 11.0 Å². The van der Waals surface area contributed by atoms with Gasteiger partial charge in [-0.1, -0.05) is 6.07 Å². The number of hydrogen-bond acceptors (Lipinski definition) is 5. The van der Waals surface area contributed by atoms with E-state index in [2.05, 4.69) is 20.4 Å². The summed E-state index contributed by atoms with van der Waals surface area (Å²) in [6.07, 6.45) is -3.63. The third-order valence-electron chi connectivity index (χ3n) is 7.90. The Morgan fingerprint density at radius 3 is 2.55 bits per heavy atom. The molecule has 0 saturated heterocycles. The highest BCUT2D eigenvalue weighted by Gasteiger charge is 2.49. The summed E-state index contributed by atoms with van der Waals surface area (Å²) < 4.78 is 96.2. The lowest BCUT2D eigenvalue weighted by atomic mass is 9.79. The Labute approximate surface area is 242 Å². The number of ether oxygens (including phenoxy) is 1. The van der Waals surface area contributed by atoms with Crippen LogP contribution in [-0.2, 0) is 16.5 Å². The minimum atomic E-state index is -4.74. The van der Waals surface area contributed by atoms with E-state index in [1.807, 2.05) is 0 Å². The Kier molecular flexibility index (Phi) is 6.60. The first kappa shape index (κ1) is 26.1. The zero-order valence-corrected chi connectivity index (χ0v) is 22.9. The van der Waals surface area contributed by atoms with Crippen LogP contribution in [0.1, 0.15) is 89.6 Å². The monoisotopic (exact) mass is 599 g/mol. The molecule has 9 nitrogen and oxygen atoms in total. The van der Waals surface area contributed by atoms with E-state index in [0.717, 1.165) is 38.3 Å². The second kappa shape index (κ2) is 10.6. The number of aromatic nitrogens is 4. The lowest BCUT2D eigenvalue weighted by Gasteiger charge is -2.34. The van der Waals surface area contributed by atoms with Crippen molar-refractivity contribution in [2.24, 2.45) is 24.5 Å². The van der Waals surface area contributed by atoms with Gasteiger partial charge in [0, 0.05) is 30.4 Å². The van der Waals surface area contributed by atoms with E-state index >= 15 is 0 Å². The van der Waals surface area contributed by atoms with E-state index in [0.29, 0.717) is 15.7 Å². The Morgan fingerprint density at radius 1 is 1.26 bits per heavy atom. The number of fused-ring (bicyclic) bond motifs is 1. The number of nitrogens with one attached hydrogen (secondary N) is 2. The number of nitrogens with two attached hydrogens (primary N) is 1. The number of alkyl halides is 5. The molecule has 2 aromatic heterocycles. The summed E-state index contributed by atoms with van der Waals surface area (Å²) in [5.74, 6) is -5.46. The van der Waals surface area contributed by atoms with E-state index in [1.165, 1.54) is 0 Å². The van der Waals surface area contributed by atoms with Crippen LogP contribution in [0.5, 0.6) is 0 Å². The van der Waals surface area contributed by atoms with Gasteiger partial charge in [0.05, 0.1) is 35.3 Å². The van der Waals surface area contributed by atoms with E-state index in [-0.39, 0.29) is 54.6 Å². The Balaban J connectivity index is 1.46. The van der Waals surface area contributed by atoms with Crippen LogP contribution in [0.2, 0.25) is 0 Å². The van der Waals surface area contributed by atoms with Gasteiger partial charge in [-0.25, -0.2) is 13.8 Å². The summed E-state index contributed by atoms with van der Waals surface area (Å²) in [5.41, 5.74) is 3.80. The zero-order chi connectivity index (χ0) is 33.1. The van der Waals surface area contributed by atoms with Gasteiger partial charge in [0.15, 0.2) is 5.60 Å². The molecule has 228 valence electrons. The van der Waals surface area contributed by atoms with Crippen molar-refractivity contribution in [1.29, 1.82) is 0 Å². The molecule has 0 unspecified atom stereocenters. The highest BCUT2D eigenvalue weighted by atomic mass is 19.4. The standard InChI is InChI=1S/C28H33F5N6O3/c1-26(2,28(31,32)33)42-13-17(19-10-21(24(34)41)39(3)38-19)25-35-18-7-6-16(9-20(18)36-25)23(15-4-5-15)37-22(40)8-14-11-27(29,30)12-14/h6-7,9-10,14-15,17,23H,4-5,8,11-13H2,1-3H3,(H2,34,41)(H,35,36)(H,37,40)/t17-,23-/m1/s1/i3D3. The minimum absolute atomic E-state index is 0.00139. The number of hydrogen-bond donors (Lipinski definition) is 3. The third-order valence-corrected chi connectivity index (χ3v) is 7.90. The Morgan fingerprint density at radius 2 is 1.98 bits per heavy atom. The number of rotatable bonds is 11. The van der Waals surface area contributed by atoms with E-state index in [1.54, 1.807) is 18.2 Å². The van der Waals surface area contributed by atoms with Gasteiger partial charge in [-0.15, -0.1) is 0 Å². The van der Waals surface area contributed by atoms with Gasteiger partial charge < -0.3 is 20.8 Å². The largest absolute Gasteiger partial charge is 0.416 e. The predicted octanol–water partition coefficient (Wildman–Crippen LogP) is 4.89. The molecule has 42 heavy (non-hydrogen) atoms. The molecule has 2 amide bonds. The molecule has 2 aliphatic carbocycles. The fourth-order valence-corrected chi connectivity index (χ4v) is 5.16. The molecular formula is C28H33F5N6O3. The lowest BCUT2D eigenvalue weighted by Crippen LogP contribution is -2.42. The molecule has 4 N–H and O–H groups in total. The fourth-order valence-electron chi connectivity index (χ4n) is 5.16. The van der Waals surface area contributed by atoms with Crippen molar-refractivity contribution in [3.05, 3.63) is 47.0 Å². The normalized spacial score (nSPS) is 20.3. The maximum atomic E-state index is 13.6. The van der Waals surface area contributed by atoms with Crippen molar-refractivity contribution in [1.82, 2.24) is 25.1 Å². The average Bonchev–Trinajstić information content (AvgIpc) is 3.47. The molecule has 0 radical (unpaired) electrons. The van der Waals surface area contributed by atoms with Gasteiger partial charge in [0.25, 0.3) is 5.91 Å². The SMILES string of the molecule is [2H]C([2H])([2H])n1nc([C@@H](COC(C)(C)C(F)(F)F)c2nc3ccc([C@H](NC(=O)CC4CC(F)(F)C4)C4CC4)cc3[nH]2)cc1C(N)=O. The first-order valence-corrected chi connectivity index (χ1v) is 13.5. The Hall–Kier alpha value is -3.55. The highest BCUT2D eigenvalue weighted by molar-refractivity contribution is 5.91. The van der Waals surface area contributed by atoms with Gasteiger partial charge in [0.1, 0.15) is 11.5 Å². The number of benzene rings is 1. The van der Waals surface area contributed by atoms with Gasteiger partial charge >= 0.3 is 6.18 Å². The number of H-pyrrole nitrogens is 1. The van der Waals surface area contributed by atoms with Crippen LogP contribution in [0.3, 0.4) is 0 Å². The highest BCUT2D eigenvalue weighted by Crippen LogP contribution is 2.45. The third kappa shape index (κ3) is 6.27. The summed E-state index contributed by atoms with van der Waals surface area (Å²) in [6, 6.07) is 5.85. The number of primary amides is 1. The van der Waals surface area contributed by atoms with Crippen LogP contribution < -0.4 is 11.1 Å². The Bertz CT molecular complexity index is 1590. The van der Waals surface area contributed by atoms with E-state index in [9.17, 15) is 31.5 Å². The summed E-state index contributed by atoms with van der Waals surface area (Å²) >= 11 is 0. The fraction of sp³-hybridized carbons (Fsp3) is 0.571. The molecule has 2 atom stereocenters. The molecule has 2 aliphatic rings. The smallest absolute Gasteiger partial charge is 0.365 e. The average molecular weight is 600 g/mol. The van der Waals surface area contributed by atoms with Crippen molar-refractivity contribution in [3.63, 3.8) is 0 Å². The van der Waals surface area contributed by atoms with Crippen LogP contribution in [0, 0.1) is 11.8 Å². The summed E-state index contributed by atoms with van der Waals surface area (Å²) in [7, 11) is 0. The number of aromatic amines is 1. The van der Waals surface area contributed by atoms with Crippen LogP contribution in [-0.4, -0.2) is 55.9 Å². The number of carbonyl (C=O) groups is 2. The molecule has 1 aromatic carbocycles. The first-order valence-electron chi connectivity index (χ1n) is 15.0. The number of imidazole rings is 1. The molecular weight excluding hydrogens is 563 g/mol. The molecule has 0 aliphatic heterocycles. The lowest BCUT2D eigenvalue weighted by molar-refractivity contribution is -0.264. The second-order valence-corrected chi connectivity index (χ2v) is 11.7. The van der Waals surface area contributed by atoms with Crippen LogP contribution in [0.15, 0.2) is 24.3 Å². The van der Waals surface area contributed by atoms with Gasteiger partial charge in [0.2, 0.25) is 11.8 Å². The van der Waals surface area contributed by atoms with Gasteiger partial charge in [-0.2, -0.15) is 18.3 Å². The van der Waals surface area contributed by atoms with Crippen molar-refractivity contribution in [2.75, 3.05) is 6.61 Å². The summed E-state index contributed by atoms with van der Waals surface area (Å²) in [4.78, 5) is 32.3. The van der Waals surface area contributed by atoms with Crippen molar-refractivity contribution in [2.45, 2.75) is 75.6 Å². The first-order chi connectivity index (χ1) is 20.7. The summed E-state index contributed by atoms with van der Waals surface area (Å²) in [5, 5.41) is 6.98. The molecule has 5 rings (SSSR count). The number of nitrogens with zero attached hydrogens (tertiary/aromatic N) is 3. The summed E-state index contributed by atoms with van der Waals surface area (Å²) in [6.45, 7) is -1.87. The second-order valence-electron chi connectivity index (χ2n) is 11.7. The van der Waals surface area contributed by atoms with Crippen molar-refractivity contribution >= 4 is 22.8 Å². The topological polar surface area (TPSA) is 128 Å². The molecule has 3 aromatic rings. The maximum Gasteiger partial charge on any atom is 0.416 e. The molecule has 2 heterocycles. The molecule has 0 bridgehead atoms. The number of amides is 2. The zero-order valence-electron chi connectivity index (χ0n) is 25.9. The van der Waals surface area contributed by atoms with Crippen molar-refractivity contribution in [3.8, 4) is 0 Å². The predicted molar refractivity (Wildman–Crippen MR) is 142 cm³/mol. The molecule has 2 fully saturated rings. The van der Waals surface area contributed by atoms with E-state index < -0.39 is 48.8 Å². The van der Waals surface area contributed by atoms with Crippen LogP contribution >= 0.6 is 0 Å².